The van der Waals surface area contributed by atoms with Crippen molar-refractivity contribution in [3.05, 3.63) is 66.2 Å². The van der Waals surface area contributed by atoms with Crippen molar-refractivity contribution in [2.45, 2.75) is 19.4 Å². The second kappa shape index (κ2) is 9.32. The average Bonchev–Trinajstić information content (AvgIpc) is 2.77. The summed E-state index contributed by atoms with van der Waals surface area (Å²) in [6.07, 6.45) is 1.09. The lowest BCUT2D eigenvalue weighted by molar-refractivity contribution is -0.0223. The number of aliphatic imine (C=N–C) groups is 1. The largest absolute Gasteiger partial charge is 0.494 e. The van der Waals surface area contributed by atoms with Gasteiger partial charge in [-0.15, -0.1) is 0 Å². The third kappa shape index (κ3) is 4.78. The lowest BCUT2D eigenvalue weighted by atomic mass is 10.1. The minimum Gasteiger partial charge on any atom is -0.494 e. The van der Waals surface area contributed by atoms with Crippen LogP contribution < -0.4 is 10.5 Å². The lowest BCUT2D eigenvalue weighted by Gasteiger charge is -2.33. The number of hydrogen-bond acceptors (Lipinski definition) is 7. The van der Waals surface area contributed by atoms with Gasteiger partial charge in [0.05, 0.1) is 25.5 Å². The number of guanidine groups is 1. The summed E-state index contributed by atoms with van der Waals surface area (Å²) in [4.78, 5) is 6.87. The molecule has 2 aliphatic heterocycles. The molecule has 0 radical (unpaired) electrons. The molecule has 0 aromatic heterocycles. The average molecular weight is 420 g/mol. The number of rotatable bonds is 6. The summed E-state index contributed by atoms with van der Waals surface area (Å²) in [6, 6.07) is 16.2. The molecule has 1 atom stereocenters. The first-order valence-electron chi connectivity index (χ1n) is 10.5. The van der Waals surface area contributed by atoms with E-state index in [0.717, 1.165) is 43.9 Å². The van der Waals surface area contributed by atoms with Crippen molar-refractivity contribution < 1.29 is 9.47 Å². The van der Waals surface area contributed by atoms with Gasteiger partial charge < -0.3 is 15.2 Å². The highest BCUT2D eigenvalue weighted by atomic mass is 16.5. The van der Waals surface area contributed by atoms with Crippen molar-refractivity contribution in [1.82, 2.24) is 9.91 Å². The molecule has 2 aromatic carbocycles. The third-order valence-corrected chi connectivity index (χ3v) is 5.48. The summed E-state index contributed by atoms with van der Waals surface area (Å²) >= 11 is 0. The molecule has 4 rings (SSSR count). The zero-order valence-electron chi connectivity index (χ0n) is 18.1. The Bertz CT molecular complexity index is 1000. The number of hydrazone groups is 1. The first kappa shape index (κ1) is 21.1. The van der Waals surface area contributed by atoms with Gasteiger partial charge >= 0.3 is 0 Å². The van der Waals surface area contributed by atoms with E-state index < -0.39 is 0 Å². The van der Waals surface area contributed by atoms with Crippen LogP contribution in [0.5, 0.6) is 5.75 Å². The van der Waals surface area contributed by atoms with Gasteiger partial charge in [0.2, 0.25) is 5.96 Å². The van der Waals surface area contributed by atoms with Gasteiger partial charge in [-0.3, -0.25) is 4.90 Å². The van der Waals surface area contributed by atoms with Crippen LogP contribution in [0.4, 0.5) is 5.69 Å². The molecule has 31 heavy (non-hydrogen) atoms. The van der Waals surface area contributed by atoms with Gasteiger partial charge in [-0.1, -0.05) is 49.0 Å². The zero-order chi connectivity index (χ0) is 21.8. The molecule has 2 N–H and O–H groups in total. The maximum Gasteiger partial charge on any atom is 0.222 e. The Balaban J connectivity index is 1.43. The van der Waals surface area contributed by atoms with Gasteiger partial charge in [0, 0.05) is 30.9 Å². The van der Waals surface area contributed by atoms with Crippen LogP contribution in [0.2, 0.25) is 0 Å². The Morgan fingerprint density at radius 1 is 1.26 bits per heavy atom. The second-order valence-corrected chi connectivity index (χ2v) is 7.84. The van der Waals surface area contributed by atoms with Gasteiger partial charge in [0.1, 0.15) is 11.4 Å². The van der Waals surface area contributed by atoms with Gasteiger partial charge in [-0.25, -0.2) is 10.0 Å². The molecule has 7 heteroatoms. The van der Waals surface area contributed by atoms with Crippen molar-refractivity contribution >= 4 is 23.1 Å². The molecule has 0 spiro atoms. The van der Waals surface area contributed by atoms with Crippen molar-refractivity contribution in [3.63, 3.8) is 0 Å². The first-order chi connectivity index (χ1) is 15.0. The lowest BCUT2D eigenvalue weighted by Crippen LogP contribution is -2.45. The Kier molecular flexibility index (Phi) is 6.34. The summed E-state index contributed by atoms with van der Waals surface area (Å²) in [6.45, 7) is 9.39. The maximum atomic E-state index is 6.22. The quantitative estimate of drug-likeness (QED) is 0.728. The van der Waals surface area contributed by atoms with E-state index in [9.17, 15) is 0 Å². The monoisotopic (exact) mass is 419 g/mol. The SMILES string of the molecule is C=C1c2cccc(OC)c2N=C(N)N1/N=C(\C)CN1CCO[C@@H](Cc2ccccc2)C1. The van der Waals surface area contributed by atoms with Crippen LogP contribution in [0.3, 0.4) is 0 Å². The highest BCUT2D eigenvalue weighted by Crippen LogP contribution is 2.39. The van der Waals surface area contributed by atoms with Gasteiger partial charge in [0.25, 0.3) is 0 Å². The molecule has 2 aliphatic rings. The van der Waals surface area contributed by atoms with Crippen LogP contribution in [0.1, 0.15) is 18.1 Å². The molecule has 0 unspecified atom stereocenters. The Morgan fingerprint density at radius 3 is 2.84 bits per heavy atom. The normalized spacial score (nSPS) is 19.7. The number of benzene rings is 2. The molecule has 162 valence electrons. The highest BCUT2D eigenvalue weighted by molar-refractivity contribution is 5.98. The van der Waals surface area contributed by atoms with E-state index in [2.05, 4.69) is 40.7 Å². The molecule has 0 aliphatic carbocycles. The van der Waals surface area contributed by atoms with Crippen molar-refractivity contribution in [2.24, 2.45) is 15.8 Å². The van der Waals surface area contributed by atoms with Crippen molar-refractivity contribution in [1.29, 1.82) is 0 Å². The number of ether oxygens (including phenoxy) is 2. The van der Waals surface area contributed by atoms with Crippen molar-refractivity contribution in [2.75, 3.05) is 33.4 Å². The van der Waals surface area contributed by atoms with Crippen LogP contribution in [-0.4, -0.2) is 61.0 Å². The van der Waals surface area contributed by atoms with E-state index in [0.29, 0.717) is 17.1 Å². The van der Waals surface area contributed by atoms with Crippen LogP contribution in [0.15, 0.2) is 65.2 Å². The van der Waals surface area contributed by atoms with E-state index in [4.69, 9.17) is 20.3 Å². The third-order valence-electron chi connectivity index (χ3n) is 5.48. The molecule has 0 amide bonds. The minimum absolute atomic E-state index is 0.180. The molecule has 1 saturated heterocycles. The molecular weight excluding hydrogens is 390 g/mol. The number of hydrogen-bond donors (Lipinski definition) is 1. The van der Waals surface area contributed by atoms with Gasteiger partial charge in [0.15, 0.2) is 0 Å². The zero-order valence-corrected chi connectivity index (χ0v) is 18.1. The summed E-state index contributed by atoms with van der Waals surface area (Å²) in [5, 5.41) is 6.34. The molecule has 7 nitrogen and oxygen atoms in total. The number of morpholine rings is 1. The predicted molar refractivity (Wildman–Crippen MR) is 125 cm³/mol. The van der Waals surface area contributed by atoms with Crippen LogP contribution >= 0.6 is 0 Å². The van der Waals surface area contributed by atoms with Gasteiger partial charge in [-0.2, -0.15) is 5.10 Å². The Labute approximate surface area is 183 Å². The standard InChI is InChI=1S/C24H29N5O2/c1-17(15-28-12-13-31-20(16-28)14-19-8-5-4-6-9-19)27-29-18(2)21-10-7-11-22(30-3)23(21)26-24(29)25/h4-11,20H,2,12-16H2,1,3H3,(H2,25,26)/b27-17+/t20-/m0/s1. The molecule has 2 aromatic rings. The summed E-state index contributed by atoms with van der Waals surface area (Å²) in [5.41, 5.74) is 10.7. The number of para-hydroxylation sites is 1. The molecule has 1 fully saturated rings. The number of methoxy groups -OCH3 is 1. The van der Waals surface area contributed by atoms with Crippen LogP contribution in [0.25, 0.3) is 5.70 Å². The number of nitrogens with two attached hydrogens (primary N) is 1. The molecule has 0 saturated carbocycles. The first-order valence-corrected chi connectivity index (χ1v) is 10.5. The van der Waals surface area contributed by atoms with E-state index in [1.165, 1.54) is 5.56 Å². The van der Waals surface area contributed by atoms with E-state index in [-0.39, 0.29) is 12.1 Å². The smallest absolute Gasteiger partial charge is 0.222 e. The Hall–Kier alpha value is -3.16. The van der Waals surface area contributed by atoms with E-state index in [1.807, 2.05) is 31.2 Å². The fraction of sp³-hybridized carbons (Fsp3) is 0.333. The summed E-state index contributed by atoms with van der Waals surface area (Å²) in [5.74, 6) is 0.949. The summed E-state index contributed by atoms with van der Waals surface area (Å²) in [7, 11) is 1.62. The van der Waals surface area contributed by atoms with Crippen LogP contribution in [0, 0.1) is 0 Å². The Morgan fingerprint density at radius 2 is 2.06 bits per heavy atom. The molecule has 0 bridgehead atoms. The number of nitrogens with zero attached hydrogens (tertiary/aromatic N) is 4. The minimum atomic E-state index is 0.180. The second-order valence-electron chi connectivity index (χ2n) is 7.84. The molecule has 2 heterocycles. The fourth-order valence-electron chi connectivity index (χ4n) is 4.01. The topological polar surface area (TPSA) is 75.7 Å². The van der Waals surface area contributed by atoms with Gasteiger partial charge in [-0.05, 0) is 25.0 Å². The number of fused-ring (bicyclic) bond motifs is 1. The fourth-order valence-corrected chi connectivity index (χ4v) is 4.01. The predicted octanol–water partition coefficient (Wildman–Crippen LogP) is 3.25. The van der Waals surface area contributed by atoms with E-state index in [1.54, 1.807) is 12.1 Å². The van der Waals surface area contributed by atoms with E-state index >= 15 is 0 Å². The highest BCUT2D eigenvalue weighted by Gasteiger charge is 2.25. The summed E-state index contributed by atoms with van der Waals surface area (Å²) < 4.78 is 11.4. The van der Waals surface area contributed by atoms with Crippen LogP contribution in [-0.2, 0) is 11.2 Å². The maximum absolute atomic E-state index is 6.22. The molecular formula is C24H29N5O2. The van der Waals surface area contributed by atoms with Crippen molar-refractivity contribution in [3.8, 4) is 5.75 Å².